The van der Waals surface area contributed by atoms with Crippen LogP contribution >= 0.6 is 0 Å². The number of likely N-dealkylation sites (N-methyl/N-ethyl adjacent to an activating group) is 1. The zero-order valence-corrected chi connectivity index (χ0v) is 16.5. The van der Waals surface area contributed by atoms with Crippen molar-refractivity contribution >= 4 is 11.7 Å². The fourth-order valence-corrected chi connectivity index (χ4v) is 3.49. The number of benzene rings is 2. The summed E-state index contributed by atoms with van der Waals surface area (Å²) in [4.78, 5) is 12.9. The van der Waals surface area contributed by atoms with Crippen LogP contribution in [-0.2, 0) is 11.2 Å². The van der Waals surface area contributed by atoms with Crippen molar-refractivity contribution in [3.05, 3.63) is 59.2 Å². The Morgan fingerprint density at radius 3 is 2.61 bits per heavy atom. The molecule has 0 bridgehead atoms. The van der Waals surface area contributed by atoms with Crippen molar-refractivity contribution < 1.29 is 14.6 Å². The molecular weight excluding hydrogens is 352 g/mol. The van der Waals surface area contributed by atoms with E-state index in [0.717, 1.165) is 22.4 Å². The summed E-state index contributed by atoms with van der Waals surface area (Å²) in [6, 6.07) is 12.6. The Morgan fingerprint density at radius 2 is 2.04 bits per heavy atom. The largest absolute Gasteiger partial charge is 0.492 e. The monoisotopic (exact) mass is 376 g/mol. The van der Waals surface area contributed by atoms with Crippen LogP contribution in [0.1, 0.15) is 36.5 Å². The third-order valence-electron chi connectivity index (χ3n) is 5.10. The molecule has 144 valence electrons. The molecule has 1 N–H and O–H groups in total. The first kappa shape index (κ1) is 19.5. The van der Waals surface area contributed by atoms with Crippen LogP contribution in [0.25, 0.3) is 11.1 Å². The predicted molar refractivity (Wildman–Crippen MR) is 110 cm³/mol. The van der Waals surface area contributed by atoms with Crippen LogP contribution in [0, 0.1) is 11.3 Å². The van der Waals surface area contributed by atoms with Crippen molar-refractivity contribution in [2.75, 3.05) is 25.1 Å². The SMILES string of the molecule is C=C(CN(C)c1cc(-c2ccc(C(C)C)cc2)c2c(c1C#N)CCO2)C(=O)O. The molecule has 0 fully saturated rings. The first-order chi connectivity index (χ1) is 13.3. The minimum absolute atomic E-state index is 0.0750. The van der Waals surface area contributed by atoms with Crippen LogP contribution in [0.3, 0.4) is 0 Å². The highest BCUT2D eigenvalue weighted by Gasteiger charge is 2.26. The van der Waals surface area contributed by atoms with Gasteiger partial charge in [-0.1, -0.05) is 44.7 Å². The van der Waals surface area contributed by atoms with E-state index in [9.17, 15) is 10.1 Å². The van der Waals surface area contributed by atoms with E-state index >= 15 is 0 Å². The van der Waals surface area contributed by atoms with Gasteiger partial charge in [-0.2, -0.15) is 5.26 Å². The van der Waals surface area contributed by atoms with E-state index in [-0.39, 0.29) is 12.1 Å². The van der Waals surface area contributed by atoms with Gasteiger partial charge in [0.05, 0.1) is 17.9 Å². The maximum absolute atomic E-state index is 11.2. The lowest BCUT2D eigenvalue weighted by molar-refractivity contribution is -0.132. The summed E-state index contributed by atoms with van der Waals surface area (Å²) in [6.07, 6.45) is 0.664. The second-order valence-corrected chi connectivity index (χ2v) is 7.38. The number of hydrogen-bond acceptors (Lipinski definition) is 4. The molecule has 3 rings (SSSR count). The van der Waals surface area contributed by atoms with Crippen LogP contribution in [0.5, 0.6) is 5.75 Å². The summed E-state index contributed by atoms with van der Waals surface area (Å²) in [7, 11) is 1.78. The van der Waals surface area contributed by atoms with Gasteiger partial charge in [-0.15, -0.1) is 0 Å². The Morgan fingerprint density at radius 1 is 1.36 bits per heavy atom. The molecule has 1 aliphatic rings. The average molecular weight is 376 g/mol. The van der Waals surface area contributed by atoms with E-state index in [1.54, 1.807) is 11.9 Å². The lowest BCUT2D eigenvalue weighted by atomic mass is 9.93. The average Bonchev–Trinajstić information content (AvgIpc) is 3.16. The van der Waals surface area contributed by atoms with Crippen molar-refractivity contribution in [2.24, 2.45) is 0 Å². The normalized spacial score (nSPS) is 12.2. The maximum atomic E-state index is 11.2. The standard InChI is InChI=1S/C23H24N2O3/c1-14(2)16-5-7-17(8-6-16)19-11-21(25(4)13-15(3)23(26)27)20(12-24)18-9-10-28-22(18)19/h5-8,11,14H,3,9-10,13H2,1-2,4H3,(H,26,27). The second-order valence-electron chi connectivity index (χ2n) is 7.38. The number of ether oxygens (including phenoxy) is 1. The molecule has 0 unspecified atom stereocenters. The van der Waals surface area contributed by atoms with Gasteiger partial charge in [0, 0.05) is 36.7 Å². The topological polar surface area (TPSA) is 73.6 Å². The molecule has 2 aromatic rings. The zero-order chi connectivity index (χ0) is 20.4. The van der Waals surface area contributed by atoms with Gasteiger partial charge in [-0.25, -0.2) is 4.79 Å². The van der Waals surface area contributed by atoms with Crippen LogP contribution in [0.2, 0.25) is 0 Å². The predicted octanol–water partition coefficient (Wildman–Crippen LogP) is 4.36. The summed E-state index contributed by atoms with van der Waals surface area (Å²) in [6.45, 7) is 8.58. The van der Waals surface area contributed by atoms with Gasteiger partial charge >= 0.3 is 5.97 Å². The highest BCUT2D eigenvalue weighted by Crippen LogP contribution is 2.43. The smallest absolute Gasteiger partial charge is 0.332 e. The first-order valence-electron chi connectivity index (χ1n) is 9.28. The van der Waals surface area contributed by atoms with E-state index in [0.29, 0.717) is 30.2 Å². The number of carboxylic acids is 1. The molecule has 0 saturated heterocycles. The quantitative estimate of drug-likeness (QED) is 0.758. The van der Waals surface area contributed by atoms with E-state index in [1.165, 1.54) is 5.56 Å². The molecule has 0 atom stereocenters. The number of aliphatic carboxylic acids is 1. The number of nitriles is 1. The lowest BCUT2D eigenvalue weighted by Gasteiger charge is -2.23. The Kier molecular flexibility index (Phi) is 5.41. The summed E-state index contributed by atoms with van der Waals surface area (Å²) in [5.74, 6) is 0.156. The zero-order valence-electron chi connectivity index (χ0n) is 16.5. The van der Waals surface area contributed by atoms with E-state index < -0.39 is 5.97 Å². The number of nitrogens with zero attached hydrogens (tertiary/aromatic N) is 2. The highest BCUT2D eigenvalue weighted by molar-refractivity contribution is 5.88. The third kappa shape index (κ3) is 3.59. The number of fused-ring (bicyclic) bond motifs is 1. The van der Waals surface area contributed by atoms with E-state index in [1.807, 2.05) is 6.07 Å². The van der Waals surface area contributed by atoms with Gasteiger partial charge in [-0.05, 0) is 23.1 Å². The van der Waals surface area contributed by atoms with Crippen molar-refractivity contribution in [3.63, 3.8) is 0 Å². The highest BCUT2D eigenvalue weighted by atomic mass is 16.5. The number of carboxylic acid groups (broad SMARTS) is 1. The summed E-state index contributed by atoms with van der Waals surface area (Å²) >= 11 is 0. The molecule has 28 heavy (non-hydrogen) atoms. The Bertz CT molecular complexity index is 969. The second kappa shape index (κ2) is 7.77. The number of carbonyl (C=O) groups is 1. The van der Waals surface area contributed by atoms with Gasteiger partial charge in [0.25, 0.3) is 0 Å². The Balaban J connectivity index is 2.11. The van der Waals surface area contributed by atoms with Crippen molar-refractivity contribution in [2.45, 2.75) is 26.2 Å². The van der Waals surface area contributed by atoms with Gasteiger partial charge in [0.1, 0.15) is 11.8 Å². The van der Waals surface area contributed by atoms with Gasteiger partial charge < -0.3 is 14.7 Å². The first-order valence-corrected chi connectivity index (χ1v) is 9.28. The minimum Gasteiger partial charge on any atom is -0.492 e. The molecule has 5 heteroatoms. The summed E-state index contributed by atoms with van der Waals surface area (Å²) < 4.78 is 5.88. The third-order valence-corrected chi connectivity index (χ3v) is 5.10. The van der Waals surface area contributed by atoms with Crippen LogP contribution in [0.4, 0.5) is 5.69 Å². The van der Waals surface area contributed by atoms with E-state index in [4.69, 9.17) is 9.84 Å². The molecule has 0 spiro atoms. The molecule has 1 aliphatic heterocycles. The number of anilines is 1. The molecule has 0 saturated carbocycles. The fraction of sp³-hybridized carbons (Fsp3) is 0.304. The number of rotatable bonds is 6. The van der Waals surface area contributed by atoms with Crippen molar-refractivity contribution in [1.82, 2.24) is 0 Å². The lowest BCUT2D eigenvalue weighted by Crippen LogP contribution is -2.24. The number of hydrogen-bond donors (Lipinski definition) is 1. The van der Waals surface area contributed by atoms with Gasteiger partial charge in [0.15, 0.2) is 0 Å². The summed E-state index contributed by atoms with van der Waals surface area (Å²) in [5, 5.41) is 18.9. The molecule has 5 nitrogen and oxygen atoms in total. The molecule has 0 radical (unpaired) electrons. The minimum atomic E-state index is -1.04. The molecule has 2 aromatic carbocycles. The molecule has 0 aromatic heterocycles. The van der Waals surface area contributed by atoms with Gasteiger partial charge in [0.2, 0.25) is 0 Å². The molecule has 0 amide bonds. The molecule has 1 heterocycles. The van der Waals surface area contributed by atoms with Crippen LogP contribution in [0.15, 0.2) is 42.5 Å². The van der Waals surface area contributed by atoms with Crippen LogP contribution in [-0.4, -0.2) is 31.3 Å². The van der Waals surface area contributed by atoms with Gasteiger partial charge in [-0.3, -0.25) is 0 Å². The fourth-order valence-electron chi connectivity index (χ4n) is 3.49. The Labute approximate surface area is 165 Å². The summed E-state index contributed by atoms with van der Waals surface area (Å²) in [5.41, 5.74) is 5.38. The van der Waals surface area contributed by atoms with E-state index in [2.05, 4.69) is 50.8 Å². The van der Waals surface area contributed by atoms with Crippen molar-refractivity contribution in [3.8, 4) is 22.9 Å². The van der Waals surface area contributed by atoms with Crippen LogP contribution < -0.4 is 9.64 Å². The molecular formula is C23H24N2O3. The molecule has 0 aliphatic carbocycles. The Hall–Kier alpha value is -3.26. The van der Waals surface area contributed by atoms with Crippen molar-refractivity contribution in [1.29, 1.82) is 5.26 Å². The maximum Gasteiger partial charge on any atom is 0.332 e.